The number of carbonyl (C=O) groups is 2. The molecule has 1 N–H and O–H groups in total. The van der Waals surface area contributed by atoms with Crippen molar-refractivity contribution in [3.05, 3.63) is 54.1 Å². The summed E-state index contributed by atoms with van der Waals surface area (Å²) >= 11 is 0. The van der Waals surface area contributed by atoms with Gasteiger partial charge in [-0.1, -0.05) is 6.07 Å². The van der Waals surface area contributed by atoms with Gasteiger partial charge in [-0.3, -0.25) is 4.79 Å². The summed E-state index contributed by atoms with van der Waals surface area (Å²) in [6.07, 6.45) is 4.90. The Labute approximate surface area is 195 Å². The Kier molecular flexibility index (Phi) is 7.83. The first-order valence-corrected chi connectivity index (χ1v) is 11.8. The molecule has 176 valence electrons. The zero-order chi connectivity index (χ0) is 23.0. The van der Waals surface area contributed by atoms with Crippen molar-refractivity contribution in [2.45, 2.75) is 51.2 Å². The molecule has 7 heteroatoms. The summed E-state index contributed by atoms with van der Waals surface area (Å²) in [5, 5.41) is 2.82. The summed E-state index contributed by atoms with van der Waals surface area (Å²) in [5.41, 5.74) is 2.17. The summed E-state index contributed by atoms with van der Waals surface area (Å²) in [6.45, 7) is 4.92. The number of anilines is 2. The highest BCUT2D eigenvalue weighted by Crippen LogP contribution is 2.22. The molecule has 7 nitrogen and oxygen atoms in total. The summed E-state index contributed by atoms with van der Waals surface area (Å²) in [6, 6.07) is 14.6. The van der Waals surface area contributed by atoms with Crippen molar-refractivity contribution in [3.63, 3.8) is 0 Å². The van der Waals surface area contributed by atoms with E-state index in [1.165, 1.54) is 19.3 Å². The number of rotatable bonds is 8. The molecule has 2 heterocycles. The van der Waals surface area contributed by atoms with Crippen molar-refractivity contribution < 1.29 is 23.8 Å². The lowest BCUT2D eigenvalue weighted by atomic mass is 10.1. The lowest BCUT2D eigenvalue weighted by molar-refractivity contribution is -0.123. The molecule has 0 spiro atoms. The van der Waals surface area contributed by atoms with Gasteiger partial charge in [0.15, 0.2) is 6.10 Å². The van der Waals surface area contributed by atoms with Crippen molar-refractivity contribution in [2.75, 3.05) is 36.5 Å². The summed E-state index contributed by atoms with van der Waals surface area (Å²) in [4.78, 5) is 27.5. The normalized spacial score (nSPS) is 19.1. The molecule has 0 radical (unpaired) electrons. The van der Waals surface area contributed by atoms with Crippen LogP contribution in [0.3, 0.4) is 0 Å². The fourth-order valence-corrected chi connectivity index (χ4v) is 4.11. The lowest BCUT2D eigenvalue weighted by Gasteiger charge is -2.28. The minimum absolute atomic E-state index is 0.0956. The van der Waals surface area contributed by atoms with E-state index in [0.717, 1.165) is 38.2 Å². The van der Waals surface area contributed by atoms with Gasteiger partial charge in [0, 0.05) is 31.1 Å². The van der Waals surface area contributed by atoms with Crippen LogP contribution < -0.4 is 15.0 Å². The number of ether oxygens (including phenoxy) is 3. The van der Waals surface area contributed by atoms with Crippen LogP contribution in [0.1, 0.15) is 49.4 Å². The van der Waals surface area contributed by atoms with E-state index < -0.39 is 12.1 Å². The first-order chi connectivity index (χ1) is 16.1. The van der Waals surface area contributed by atoms with Gasteiger partial charge in [-0.05, 0) is 81.5 Å². The van der Waals surface area contributed by atoms with Gasteiger partial charge < -0.3 is 24.4 Å². The molecule has 0 bridgehead atoms. The van der Waals surface area contributed by atoms with Crippen molar-refractivity contribution in [3.8, 4) is 5.75 Å². The zero-order valence-electron chi connectivity index (χ0n) is 19.1. The van der Waals surface area contributed by atoms with Gasteiger partial charge in [-0.15, -0.1) is 0 Å². The predicted octanol–water partition coefficient (Wildman–Crippen LogP) is 4.42. The molecule has 2 aromatic carbocycles. The molecule has 2 aromatic rings. The number of piperidine rings is 1. The topological polar surface area (TPSA) is 77.1 Å². The summed E-state index contributed by atoms with van der Waals surface area (Å²) in [5.74, 6) is -0.369. The Morgan fingerprint density at radius 2 is 1.88 bits per heavy atom. The van der Waals surface area contributed by atoms with Crippen LogP contribution in [0, 0.1) is 0 Å². The first kappa shape index (κ1) is 23.1. The van der Waals surface area contributed by atoms with E-state index in [9.17, 15) is 9.59 Å². The largest absolute Gasteiger partial charge is 0.491 e. The van der Waals surface area contributed by atoms with Crippen LogP contribution in [0.25, 0.3) is 0 Å². The SMILES string of the molecule is C[C@H](OC(=O)c1cccc(OC[C@@H]2CCCO2)c1)C(=O)Nc1ccc(N2CCCCC2)cc1. The smallest absolute Gasteiger partial charge is 0.339 e. The number of esters is 1. The summed E-state index contributed by atoms with van der Waals surface area (Å²) < 4.78 is 16.7. The van der Waals surface area contributed by atoms with Crippen LogP contribution >= 0.6 is 0 Å². The molecule has 4 rings (SSSR count). The van der Waals surface area contributed by atoms with E-state index in [1.54, 1.807) is 31.2 Å². The van der Waals surface area contributed by atoms with E-state index in [2.05, 4.69) is 10.2 Å². The molecule has 0 saturated carbocycles. The minimum atomic E-state index is -0.935. The molecule has 2 aliphatic heterocycles. The third kappa shape index (κ3) is 6.48. The second-order valence-corrected chi connectivity index (χ2v) is 8.61. The first-order valence-electron chi connectivity index (χ1n) is 11.8. The Morgan fingerprint density at radius 1 is 1.09 bits per heavy atom. The number of amides is 1. The molecule has 2 saturated heterocycles. The monoisotopic (exact) mass is 452 g/mol. The van der Waals surface area contributed by atoms with E-state index in [1.807, 2.05) is 24.3 Å². The molecule has 2 atom stereocenters. The molecule has 2 fully saturated rings. The Balaban J connectivity index is 1.27. The number of hydrogen-bond acceptors (Lipinski definition) is 6. The quantitative estimate of drug-likeness (QED) is 0.598. The van der Waals surface area contributed by atoms with Crippen molar-refractivity contribution in [1.29, 1.82) is 0 Å². The maximum absolute atomic E-state index is 12.6. The van der Waals surface area contributed by atoms with Gasteiger partial charge in [-0.2, -0.15) is 0 Å². The van der Waals surface area contributed by atoms with E-state index in [0.29, 0.717) is 23.6 Å². The number of nitrogens with zero attached hydrogens (tertiary/aromatic N) is 1. The highest BCUT2D eigenvalue weighted by atomic mass is 16.5. The highest BCUT2D eigenvalue weighted by Gasteiger charge is 2.20. The lowest BCUT2D eigenvalue weighted by Crippen LogP contribution is -2.30. The number of hydrogen-bond donors (Lipinski definition) is 1. The molecule has 1 amide bonds. The van der Waals surface area contributed by atoms with Gasteiger partial charge in [0.1, 0.15) is 12.4 Å². The minimum Gasteiger partial charge on any atom is -0.491 e. The van der Waals surface area contributed by atoms with E-state index in [4.69, 9.17) is 14.2 Å². The van der Waals surface area contributed by atoms with Gasteiger partial charge in [-0.25, -0.2) is 4.79 Å². The maximum Gasteiger partial charge on any atom is 0.339 e. The van der Waals surface area contributed by atoms with Gasteiger partial charge in [0.25, 0.3) is 5.91 Å². The third-order valence-electron chi connectivity index (χ3n) is 6.04. The van der Waals surface area contributed by atoms with E-state index in [-0.39, 0.29) is 12.0 Å². The third-order valence-corrected chi connectivity index (χ3v) is 6.04. The maximum atomic E-state index is 12.6. The fraction of sp³-hybridized carbons (Fsp3) is 0.462. The number of carbonyl (C=O) groups excluding carboxylic acids is 2. The van der Waals surface area contributed by atoms with Crippen molar-refractivity contribution >= 4 is 23.3 Å². The molecule has 0 unspecified atom stereocenters. The van der Waals surface area contributed by atoms with Crippen LogP contribution in [0.15, 0.2) is 48.5 Å². The second-order valence-electron chi connectivity index (χ2n) is 8.61. The average Bonchev–Trinajstić information content (AvgIpc) is 3.38. The Morgan fingerprint density at radius 3 is 2.61 bits per heavy atom. The number of benzene rings is 2. The molecule has 0 aliphatic carbocycles. The highest BCUT2D eigenvalue weighted by molar-refractivity contribution is 5.97. The zero-order valence-corrected chi connectivity index (χ0v) is 19.1. The van der Waals surface area contributed by atoms with Crippen LogP contribution in [0.5, 0.6) is 5.75 Å². The van der Waals surface area contributed by atoms with Crippen LogP contribution in [0.4, 0.5) is 11.4 Å². The molecule has 2 aliphatic rings. The Hall–Kier alpha value is -3.06. The standard InChI is InChI=1S/C26H32N2O5/c1-19(25(29)27-21-10-12-22(13-11-21)28-14-3-2-4-15-28)33-26(30)20-7-5-8-23(17-20)32-18-24-9-6-16-31-24/h5,7-8,10-13,17,19,24H,2-4,6,9,14-16,18H2,1H3,(H,27,29)/t19-,24-/m0/s1. The Bertz CT molecular complexity index is 934. The van der Waals surface area contributed by atoms with Gasteiger partial charge in [0.2, 0.25) is 0 Å². The molecular weight excluding hydrogens is 420 g/mol. The fourth-order valence-electron chi connectivity index (χ4n) is 4.11. The van der Waals surface area contributed by atoms with Gasteiger partial charge >= 0.3 is 5.97 Å². The van der Waals surface area contributed by atoms with E-state index >= 15 is 0 Å². The predicted molar refractivity (Wildman–Crippen MR) is 127 cm³/mol. The van der Waals surface area contributed by atoms with Crippen molar-refractivity contribution in [1.82, 2.24) is 0 Å². The average molecular weight is 453 g/mol. The molecule has 0 aromatic heterocycles. The van der Waals surface area contributed by atoms with Crippen molar-refractivity contribution in [2.24, 2.45) is 0 Å². The van der Waals surface area contributed by atoms with Crippen LogP contribution in [-0.2, 0) is 14.3 Å². The number of nitrogens with one attached hydrogen (secondary N) is 1. The second kappa shape index (κ2) is 11.2. The summed E-state index contributed by atoms with van der Waals surface area (Å²) in [7, 11) is 0. The molecule has 33 heavy (non-hydrogen) atoms. The van der Waals surface area contributed by atoms with Crippen LogP contribution in [0.2, 0.25) is 0 Å². The van der Waals surface area contributed by atoms with Crippen LogP contribution in [-0.4, -0.2) is 50.4 Å². The molecular formula is C26H32N2O5. The van der Waals surface area contributed by atoms with Gasteiger partial charge in [0.05, 0.1) is 11.7 Å².